The lowest BCUT2D eigenvalue weighted by atomic mass is 10.2. The second-order valence-corrected chi connectivity index (χ2v) is 10.4. The Morgan fingerprint density at radius 3 is 2.29 bits per heavy atom. The number of alkyl halides is 6. The van der Waals surface area contributed by atoms with Crippen molar-refractivity contribution >= 4 is 36.8 Å². The summed E-state index contributed by atoms with van der Waals surface area (Å²) in [5.74, 6) is 1.05. The molecule has 0 radical (unpaired) electrons. The van der Waals surface area contributed by atoms with E-state index in [1.807, 2.05) is 0 Å². The van der Waals surface area contributed by atoms with Gasteiger partial charge in [0.2, 0.25) is 0 Å². The first-order valence-corrected chi connectivity index (χ1v) is 11.6. The summed E-state index contributed by atoms with van der Waals surface area (Å²) < 4.78 is 107. The highest BCUT2D eigenvalue weighted by atomic mass is 32.3. The Morgan fingerprint density at radius 2 is 1.71 bits per heavy atom. The summed E-state index contributed by atoms with van der Waals surface area (Å²) in [6.45, 7) is -0.137. The Labute approximate surface area is 164 Å². The van der Waals surface area contributed by atoms with Crippen LogP contribution in [-0.2, 0) is 13.7 Å². The molecular formula is C15H16F6O4S3. The number of hydrogen-bond donors (Lipinski definition) is 0. The van der Waals surface area contributed by atoms with Gasteiger partial charge in [-0.15, -0.1) is 11.8 Å². The number of halogens is 6. The van der Waals surface area contributed by atoms with E-state index in [2.05, 4.69) is 3.63 Å². The molecule has 4 nitrogen and oxygen atoms in total. The van der Waals surface area contributed by atoms with Gasteiger partial charge in [0.25, 0.3) is 0 Å². The van der Waals surface area contributed by atoms with E-state index < -0.39 is 39.0 Å². The van der Waals surface area contributed by atoms with Crippen LogP contribution < -0.4 is 4.74 Å². The molecule has 2 rings (SSSR count). The van der Waals surface area contributed by atoms with Crippen LogP contribution in [0.15, 0.2) is 24.3 Å². The molecule has 0 spiro atoms. The summed E-state index contributed by atoms with van der Waals surface area (Å²) in [6, 6.07) is 5.95. The van der Waals surface area contributed by atoms with Crippen LogP contribution in [0.4, 0.5) is 26.3 Å². The van der Waals surface area contributed by atoms with E-state index in [1.165, 1.54) is 36.0 Å². The third kappa shape index (κ3) is 6.85. The molecule has 1 heterocycles. The minimum absolute atomic E-state index is 0.137. The van der Waals surface area contributed by atoms with Crippen LogP contribution in [0.2, 0.25) is 0 Å². The molecule has 1 aliphatic rings. The molecule has 0 saturated carbocycles. The van der Waals surface area contributed by atoms with Crippen LogP contribution in [0, 0.1) is 0 Å². The zero-order chi connectivity index (χ0) is 21.0. The standard InChI is InChI=1S/C15H16F6O4S3/c16-14(17,18)7-1-8-24-12-5-3-11(4-6-12)13-26-9-2-10-27(13)25-28(22,23)15(19,20)21/h3-6H,1-2,7-10H2. The van der Waals surface area contributed by atoms with Crippen LogP contribution >= 0.6 is 22.5 Å². The summed E-state index contributed by atoms with van der Waals surface area (Å²) in [4.78, 5) is 0. The van der Waals surface area contributed by atoms with Crippen molar-refractivity contribution in [3.63, 3.8) is 0 Å². The Bertz CT molecular complexity index is 801. The van der Waals surface area contributed by atoms with Gasteiger partial charge in [-0.1, -0.05) is 0 Å². The molecule has 1 aromatic rings. The van der Waals surface area contributed by atoms with E-state index in [9.17, 15) is 34.8 Å². The number of rotatable bonds is 7. The van der Waals surface area contributed by atoms with E-state index in [0.29, 0.717) is 27.7 Å². The molecule has 1 atom stereocenters. The topological polar surface area (TPSA) is 52.6 Å². The number of ether oxygens (including phenoxy) is 1. The van der Waals surface area contributed by atoms with E-state index in [1.54, 1.807) is 0 Å². The molecule has 13 heteroatoms. The Balaban J connectivity index is 2.10. The fourth-order valence-electron chi connectivity index (χ4n) is 2.09. The van der Waals surface area contributed by atoms with Crippen LogP contribution in [-0.4, -0.2) is 42.4 Å². The summed E-state index contributed by atoms with van der Waals surface area (Å²) in [5.41, 5.74) is -5.02. The van der Waals surface area contributed by atoms with E-state index in [-0.39, 0.29) is 18.8 Å². The number of benzene rings is 1. The minimum Gasteiger partial charge on any atom is -0.494 e. The van der Waals surface area contributed by atoms with Crippen LogP contribution in [0.1, 0.15) is 24.8 Å². The lowest BCUT2D eigenvalue weighted by Gasteiger charge is -2.21. The fourth-order valence-corrected chi connectivity index (χ4v) is 7.01. The first-order chi connectivity index (χ1) is 12.9. The van der Waals surface area contributed by atoms with Gasteiger partial charge < -0.3 is 4.74 Å². The highest BCUT2D eigenvalue weighted by Gasteiger charge is 2.48. The van der Waals surface area contributed by atoms with Crippen LogP contribution in [0.25, 0.3) is 0 Å². The molecule has 1 aliphatic heterocycles. The third-order valence-corrected chi connectivity index (χ3v) is 8.48. The molecule has 0 N–H and O–H groups in total. The van der Waals surface area contributed by atoms with Crippen molar-refractivity contribution in [2.24, 2.45) is 0 Å². The SMILES string of the molecule is O=S(=O)(OS1=C(c2ccc(OCCCC(F)(F)F)cc2)SCCC1)C(F)(F)F. The average molecular weight is 470 g/mol. The number of thioether (sulfide) groups is 1. The molecule has 0 aliphatic carbocycles. The Morgan fingerprint density at radius 1 is 1.07 bits per heavy atom. The molecule has 0 fully saturated rings. The Kier molecular flexibility index (Phi) is 7.73. The molecule has 0 saturated heterocycles. The van der Waals surface area contributed by atoms with Crippen LogP contribution in [0.3, 0.4) is 0 Å². The van der Waals surface area contributed by atoms with E-state index >= 15 is 0 Å². The monoisotopic (exact) mass is 470 g/mol. The highest BCUT2D eigenvalue weighted by molar-refractivity contribution is 8.34. The van der Waals surface area contributed by atoms with Crippen molar-refractivity contribution in [1.29, 1.82) is 0 Å². The van der Waals surface area contributed by atoms with Gasteiger partial charge in [-0.3, -0.25) is 0 Å². The second-order valence-electron chi connectivity index (χ2n) is 5.60. The minimum atomic E-state index is -5.71. The first-order valence-electron chi connectivity index (χ1n) is 7.91. The van der Waals surface area contributed by atoms with Gasteiger partial charge in [0.05, 0.1) is 10.8 Å². The maximum absolute atomic E-state index is 12.6. The van der Waals surface area contributed by atoms with Gasteiger partial charge in [-0.05, 0) is 59.2 Å². The van der Waals surface area contributed by atoms with Gasteiger partial charge in [-0.25, -0.2) is 0 Å². The average Bonchev–Trinajstić information content (AvgIpc) is 2.58. The zero-order valence-corrected chi connectivity index (χ0v) is 16.6. The van der Waals surface area contributed by atoms with Gasteiger partial charge in [0.15, 0.2) is 0 Å². The van der Waals surface area contributed by atoms with E-state index in [0.717, 1.165) is 0 Å². The predicted molar refractivity (Wildman–Crippen MR) is 96.9 cm³/mol. The maximum atomic E-state index is 12.6. The molecule has 0 bridgehead atoms. The molecule has 0 aromatic heterocycles. The molecule has 160 valence electrons. The molecule has 28 heavy (non-hydrogen) atoms. The summed E-state index contributed by atoms with van der Waals surface area (Å²) >= 11 is 1.21. The van der Waals surface area contributed by atoms with Gasteiger partial charge >= 0.3 is 21.8 Å². The lowest BCUT2D eigenvalue weighted by Crippen LogP contribution is -2.25. The van der Waals surface area contributed by atoms with Gasteiger partial charge in [0.1, 0.15) is 5.75 Å². The molecule has 1 unspecified atom stereocenters. The van der Waals surface area contributed by atoms with Crippen LogP contribution in [0.5, 0.6) is 5.75 Å². The van der Waals surface area contributed by atoms with Crippen molar-refractivity contribution in [3.8, 4) is 5.75 Å². The summed E-state index contributed by atoms with van der Waals surface area (Å²) in [5, 5.41) is 0. The highest BCUT2D eigenvalue weighted by Crippen LogP contribution is 2.39. The van der Waals surface area contributed by atoms with Gasteiger partial charge in [0, 0.05) is 12.2 Å². The molecule has 1 aromatic carbocycles. The van der Waals surface area contributed by atoms with Crippen molar-refractivity contribution in [2.45, 2.75) is 30.9 Å². The van der Waals surface area contributed by atoms with Gasteiger partial charge in [-0.2, -0.15) is 38.4 Å². The summed E-state index contributed by atoms with van der Waals surface area (Å²) in [7, 11) is -7.28. The Hall–Kier alpha value is -0.920. The predicted octanol–water partition coefficient (Wildman–Crippen LogP) is 5.07. The third-order valence-electron chi connectivity index (χ3n) is 3.33. The molecule has 0 amide bonds. The largest absolute Gasteiger partial charge is 0.524 e. The van der Waals surface area contributed by atoms with Crippen molar-refractivity contribution in [3.05, 3.63) is 29.8 Å². The van der Waals surface area contributed by atoms with E-state index in [4.69, 9.17) is 4.74 Å². The quantitative estimate of drug-likeness (QED) is 0.241. The number of hydrogen-bond acceptors (Lipinski definition) is 5. The fraction of sp³-hybridized carbons (Fsp3) is 0.533. The maximum Gasteiger partial charge on any atom is 0.524 e. The zero-order valence-electron chi connectivity index (χ0n) is 14.2. The molecular weight excluding hydrogens is 454 g/mol. The van der Waals surface area contributed by atoms with Crippen molar-refractivity contribution in [1.82, 2.24) is 0 Å². The van der Waals surface area contributed by atoms with Crippen molar-refractivity contribution in [2.75, 3.05) is 18.1 Å². The first kappa shape index (κ1) is 23.4. The normalized spacial score (nSPS) is 18.9. The van der Waals surface area contributed by atoms with Crippen molar-refractivity contribution < 1.29 is 43.1 Å². The smallest absolute Gasteiger partial charge is 0.494 e. The second kappa shape index (κ2) is 9.26. The summed E-state index contributed by atoms with van der Waals surface area (Å²) in [6.07, 6.45) is -4.92. The lowest BCUT2D eigenvalue weighted by molar-refractivity contribution is -0.136.